The second-order valence-electron chi connectivity index (χ2n) is 9.43. The molecule has 0 aliphatic heterocycles. The van der Waals surface area contributed by atoms with Gasteiger partial charge in [0.05, 0.1) is 12.0 Å². The molecule has 0 radical (unpaired) electrons. The van der Waals surface area contributed by atoms with Crippen molar-refractivity contribution in [1.29, 1.82) is 0 Å². The smallest absolute Gasteiger partial charge is 0.150 e. The third-order valence-corrected chi connectivity index (χ3v) is 6.81. The Morgan fingerprint density at radius 3 is 1.87 bits per heavy atom. The van der Waals surface area contributed by atoms with Crippen molar-refractivity contribution in [2.45, 2.75) is 20.0 Å². The average molecular weight is 511 g/mol. The van der Waals surface area contributed by atoms with Crippen LogP contribution in [0.25, 0.3) is 27.8 Å². The first-order valence-corrected chi connectivity index (χ1v) is 13.3. The van der Waals surface area contributed by atoms with E-state index in [0.29, 0.717) is 6.61 Å². The first kappa shape index (κ1) is 24.4. The van der Waals surface area contributed by atoms with Gasteiger partial charge in [-0.2, -0.15) is 0 Å². The minimum atomic E-state index is 0.638. The molecule has 5 heteroatoms. The maximum Gasteiger partial charge on any atom is 0.150 e. The molecule has 6 aromatic rings. The van der Waals surface area contributed by atoms with E-state index in [0.717, 1.165) is 52.5 Å². The van der Waals surface area contributed by atoms with Gasteiger partial charge in [0.1, 0.15) is 17.9 Å². The van der Waals surface area contributed by atoms with Crippen molar-refractivity contribution in [1.82, 2.24) is 14.5 Å². The molecule has 5 nitrogen and oxygen atoms in total. The predicted molar refractivity (Wildman–Crippen MR) is 158 cm³/mol. The van der Waals surface area contributed by atoms with Crippen LogP contribution in [-0.4, -0.2) is 21.1 Å². The number of hydrogen-bond donors (Lipinski definition) is 0. The van der Waals surface area contributed by atoms with Gasteiger partial charge in [0.15, 0.2) is 5.65 Å². The molecule has 0 unspecified atom stereocenters. The predicted octanol–water partition coefficient (Wildman–Crippen LogP) is 7.69. The molecule has 0 atom stereocenters. The molecule has 0 bridgehead atoms. The minimum absolute atomic E-state index is 0.638. The molecule has 0 spiro atoms. The summed E-state index contributed by atoms with van der Waals surface area (Å²) in [6.07, 6.45) is 3.86. The van der Waals surface area contributed by atoms with Gasteiger partial charge in [-0.15, -0.1) is 0 Å². The van der Waals surface area contributed by atoms with Crippen LogP contribution in [-0.2, 0) is 13.1 Å². The first-order valence-electron chi connectivity index (χ1n) is 13.3. The van der Waals surface area contributed by atoms with Gasteiger partial charge in [-0.1, -0.05) is 91.0 Å². The number of aromatic nitrogens is 3. The Labute approximate surface area is 229 Å². The van der Waals surface area contributed by atoms with Gasteiger partial charge >= 0.3 is 0 Å². The van der Waals surface area contributed by atoms with Crippen LogP contribution in [0.5, 0.6) is 5.75 Å². The molecule has 0 aliphatic rings. The van der Waals surface area contributed by atoms with Crippen molar-refractivity contribution >= 4 is 16.9 Å². The summed E-state index contributed by atoms with van der Waals surface area (Å²) in [5, 5.41) is 1.03. The summed E-state index contributed by atoms with van der Waals surface area (Å²) in [4.78, 5) is 12.1. The summed E-state index contributed by atoms with van der Waals surface area (Å²) >= 11 is 0. The fraction of sp³-hybridized carbons (Fsp3) is 0.118. The second kappa shape index (κ2) is 11.2. The Morgan fingerprint density at radius 1 is 0.692 bits per heavy atom. The van der Waals surface area contributed by atoms with Gasteiger partial charge in [-0.3, -0.25) is 0 Å². The van der Waals surface area contributed by atoms with Gasteiger partial charge in [0, 0.05) is 30.5 Å². The van der Waals surface area contributed by atoms with Crippen molar-refractivity contribution in [3.63, 3.8) is 0 Å². The first-order chi connectivity index (χ1) is 19.3. The van der Waals surface area contributed by atoms with Crippen molar-refractivity contribution in [2.24, 2.45) is 0 Å². The van der Waals surface area contributed by atoms with Crippen LogP contribution in [0.3, 0.4) is 0 Å². The topological polar surface area (TPSA) is 43.2 Å². The summed E-state index contributed by atoms with van der Waals surface area (Å²) < 4.78 is 7.84. The largest absolute Gasteiger partial charge is 0.494 e. The van der Waals surface area contributed by atoms with Crippen molar-refractivity contribution in [3.8, 4) is 22.6 Å². The lowest BCUT2D eigenvalue weighted by atomic mass is 10.1. The van der Waals surface area contributed by atoms with E-state index in [-0.39, 0.29) is 0 Å². The Balaban J connectivity index is 1.54. The van der Waals surface area contributed by atoms with Crippen molar-refractivity contribution in [2.75, 3.05) is 11.5 Å². The number of benzene rings is 4. The standard InChI is InChI=1S/C34H30N4O/c1-2-39-30-20-18-29(19-21-30)38-24-31(28-16-10-5-11-17-28)32-33(35-25-36-34(32)38)37(22-26-12-6-3-7-13-26)23-27-14-8-4-9-15-27/h3-21,24-25H,2,22-23H2,1H3. The van der Waals surface area contributed by atoms with Gasteiger partial charge < -0.3 is 14.2 Å². The number of nitrogens with zero attached hydrogens (tertiary/aromatic N) is 4. The zero-order valence-corrected chi connectivity index (χ0v) is 21.9. The van der Waals surface area contributed by atoms with Gasteiger partial charge in [0.25, 0.3) is 0 Å². The number of fused-ring (bicyclic) bond motifs is 1. The Bertz CT molecular complexity index is 1610. The van der Waals surface area contributed by atoms with E-state index >= 15 is 0 Å². The molecule has 2 aromatic heterocycles. The summed E-state index contributed by atoms with van der Waals surface area (Å²) in [6, 6.07) is 39.8. The molecule has 4 aromatic carbocycles. The summed E-state index contributed by atoms with van der Waals surface area (Å²) in [5.41, 5.74) is 6.57. The van der Waals surface area contributed by atoms with Crippen molar-refractivity contribution in [3.05, 3.63) is 139 Å². The second-order valence-corrected chi connectivity index (χ2v) is 9.43. The maximum atomic E-state index is 5.68. The molecular weight excluding hydrogens is 480 g/mol. The van der Waals surface area contributed by atoms with Gasteiger partial charge in [-0.25, -0.2) is 9.97 Å². The zero-order chi connectivity index (χ0) is 26.4. The van der Waals surface area contributed by atoms with E-state index in [9.17, 15) is 0 Å². The maximum absolute atomic E-state index is 5.68. The fourth-order valence-corrected chi connectivity index (χ4v) is 5.00. The number of anilines is 1. The third-order valence-electron chi connectivity index (χ3n) is 6.81. The minimum Gasteiger partial charge on any atom is -0.494 e. The van der Waals surface area contributed by atoms with E-state index in [1.165, 1.54) is 11.1 Å². The van der Waals surface area contributed by atoms with E-state index in [4.69, 9.17) is 14.7 Å². The molecule has 0 fully saturated rings. The van der Waals surface area contributed by atoms with Crippen LogP contribution in [0.15, 0.2) is 128 Å². The van der Waals surface area contributed by atoms with Crippen molar-refractivity contribution < 1.29 is 4.74 Å². The van der Waals surface area contributed by atoms with E-state index < -0.39 is 0 Å². The normalized spacial score (nSPS) is 11.0. The highest BCUT2D eigenvalue weighted by Gasteiger charge is 2.21. The fourth-order valence-electron chi connectivity index (χ4n) is 5.00. The number of ether oxygens (including phenoxy) is 1. The molecule has 0 saturated carbocycles. The third kappa shape index (κ3) is 5.25. The molecular formula is C34H30N4O. The Hall–Kier alpha value is -4.90. The highest BCUT2D eigenvalue weighted by atomic mass is 16.5. The summed E-state index contributed by atoms with van der Waals surface area (Å²) in [7, 11) is 0. The van der Waals surface area contributed by atoms with Gasteiger partial charge in [0.2, 0.25) is 0 Å². The van der Waals surface area contributed by atoms with Crippen LogP contribution in [0, 0.1) is 0 Å². The monoisotopic (exact) mass is 510 g/mol. The Morgan fingerprint density at radius 2 is 1.28 bits per heavy atom. The number of hydrogen-bond acceptors (Lipinski definition) is 4. The lowest BCUT2D eigenvalue weighted by Crippen LogP contribution is -2.23. The quantitative estimate of drug-likeness (QED) is 0.200. The van der Waals surface area contributed by atoms with Crippen LogP contribution < -0.4 is 9.64 Å². The molecule has 0 amide bonds. The highest BCUT2D eigenvalue weighted by molar-refractivity contribution is 6.02. The lowest BCUT2D eigenvalue weighted by molar-refractivity contribution is 0.340. The van der Waals surface area contributed by atoms with Crippen LogP contribution in [0.4, 0.5) is 5.82 Å². The molecule has 0 N–H and O–H groups in total. The molecule has 0 saturated heterocycles. The van der Waals surface area contributed by atoms with Crippen LogP contribution in [0.2, 0.25) is 0 Å². The van der Waals surface area contributed by atoms with Crippen LogP contribution in [0.1, 0.15) is 18.1 Å². The van der Waals surface area contributed by atoms with E-state index in [2.05, 4.69) is 113 Å². The van der Waals surface area contributed by atoms with Crippen LogP contribution >= 0.6 is 0 Å². The summed E-state index contributed by atoms with van der Waals surface area (Å²) in [5.74, 6) is 1.77. The zero-order valence-electron chi connectivity index (χ0n) is 21.9. The molecule has 39 heavy (non-hydrogen) atoms. The van der Waals surface area contributed by atoms with E-state index in [1.54, 1.807) is 6.33 Å². The summed E-state index contributed by atoms with van der Waals surface area (Å²) in [6.45, 7) is 4.09. The molecule has 2 heterocycles. The van der Waals surface area contributed by atoms with Gasteiger partial charge in [-0.05, 0) is 47.9 Å². The molecule has 6 rings (SSSR count). The lowest BCUT2D eigenvalue weighted by Gasteiger charge is -2.25. The number of rotatable bonds is 9. The highest BCUT2D eigenvalue weighted by Crippen LogP contribution is 2.37. The van der Waals surface area contributed by atoms with E-state index in [1.807, 2.05) is 25.1 Å². The molecule has 0 aliphatic carbocycles. The average Bonchev–Trinajstić information content (AvgIpc) is 3.39. The SMILES string of the molecule is CCOc1ccc(-n2cc(-c3ccccc3)c3c(N(Cc4ccccc4)Cc4ccccc4)ncnc32)cc1. The Kier molecular flexibility index (Phi) is 7.04. The molecule has 192 valence electrons.